The second kappa shape index (κ2) is 7.42. The Bertz CT molecular complexity index is 1090. The van der Waals surface area contributed by atoms with Gasteiger partial charge in [-0.3, -0.25) is 9.20 Å². The fraction of sp³-hybridized carbons (Fsp3) is 0.100. The van der Waals surface area contributed by atoms with Gasteiger partial charge in [0.2, 0.25) is 0 Å². The summed E-state index contributed by atoms with van der Waals surface area (Å²) in [5, 5.41) is 5.51. The number of carbonyl (C=O) groups is 1. The molecule has 0 aliphatic rings. The second-order valence-electron chi connectivity index (χ2n) is 6.05. The molecule has 0 bridgehead atoms. The number of nitrogens with one attached hydrogen (secondary N) is 1. The molecule has 7 heteroatoms. The van der Waals surface area contributed by atoms with Crippen LogP contribution in [-0.4, -0.2) is 21.9 Å². The first-order valence-electron chi connectivity index (χ1n) is 8.30. The number of amides is 1. The van der Waals surface area contributed by atoms with Crippen molar-refractivity contribution < 1.29 is 9.53 Å². The fourth-order valence-electron chi connectivity index (χ4n) is 2.68. The van der Waals surface area contributed by atoms with Crippen molar-refractivity contribution in [2.75, 3.05) is 11.9 Å². The maximum Gasteiger partial charge on any atom is 0.262 e. The van der Waals surface area contributed by atoms with E-state index in [-0.39, 0.29) is 12.5 Å². The lowest BCUT2D eigenvalue weighted by Crippen LogP contribution is -2.20. The van der Waals surface area contributed by atoms with Crippen molar-refractivity contribution >= 4 is 39.5 Å². The number of hydrogen-bond acceptors (Lipinski definition) is 4. The van der Waals surface area contributed by atoms with Crippen molar-refractivity contribution in [3.63, 3.8) is 0 Å². The standard InChI is InChI=1S/C20H16ClN3O2S/c1-13-9-16(5-6-17(13)21)26-12-19(25)22-15-4-2-3-14(10-15)18-11-24-7-8-27-20(24)23-18/h2-11H,12H2,1H3,(H,22,25). The summed E-state index contributed by atoms with van der Waals surface area (Å²) in [6.07, 6.45) is 3.94. The van der Waals surface area contributed by atoms with Gasteiger partial charge in [-0.25, -0.2) is 4.98 Å². The molecular weight excluding hydrogens is 382 g/mol. The van der Waals surface area contributed by atoms with Crippen LogP contribution in [0.1, 0.15) is 5.56 Å². The van der Waals surface area contributed by atoms with Gasteiger partial charge in [-0.1, -0.05) is 23.7 Å². The Kier molecular flexibility index (Phi) is 4.83. The van der Waals surface area contributed by atoms with Gasteiger partial charge in [0, 0.05) is 34.0 Å². The summed E-state index contributed by atoms with van der Waals surface area (Å²) in [6, 6.07) is 12.9. The van der Waals surface area contributed by atoms with Crippen LogP contribution in [0.25, 0.3) is 16.2 Å². The van der Waals surface area contributed by atoms with Crippen LogP contribution >= 0.6 is 22.9 Å². The number of anilines is 1. The third-order valence-electron chi connectivity index (χ3n) is 4.03. The lowest BCUT2D eigenvalue weighted by Gasteiger charge is -2.09. The van der Waals surface area contributed by atoms with Crippen LogP contribution in [0.4, 0.5) is 5.69 Å². The van der Waals surface area contributed by atoms with Gasteiger partial charge in [0.1, 0.15) is 5.75 Å². The van der Waals surface area contributed by atoms with Crippen molar-refractivity contribution in [1.82, 2.24) is 9.38 Å². The SMILES string of the molecule is Cc1cc(OCC(=O)Nc2cccc(-c3cn4ccsc4n3)c2)ccc1Cl. The molecule has 0 fully saturated rings. The van der Waals surface area contributed by atoms with Crippen molar-refractivity contribution in [2.45, 2.75) is 6.92 Å². The third-order valence-corrected chi connectivity index (χ3v) is 5.23. The maximum atomic E-state index is 12.2. The Hall–Kier alpha value is -2.83. The number of carbonyl (C=O) groups excluding carboxylic acids is 1. The number of nitrogens with zero attached hydrogens (tertiary/aromatic N) is 2. The average Bonchev–Trinajstić information content (AvgIpc) is 3.25. The Balaban J connectivity index is 1.42. The van der Waals surface area contributed by atoms with Crippen LogP contribution in [-0.2, 0) is 4.79 Å². The van der Waals surface area contributed by atoms with Crippen LogP contribution in [0, 0.1) is 6.92 Å². The first kappa shape index (κ1) is 17.6. The molecular formula is C20H16ClN3O2S. The molecule has 2 aromatic carbocycles. The van der Waals surface area contributed by atoms with Crippen LogP contribution < -0.4 is 10.1 Å². The highest BCUT2D eigenvalue weighted by molar-refractivity contribution is 7.15. The Morgan fingerprint density at radius 2 is 2.19 bits per heavy atom. The summed E-state index contributed by atoms with van der Waals surface area (Å²) in [5.74, 6) is 0.379. The molecule has 2 aromatic heterocycles. The Morgan fingerprint density at radius 1 is 1.30 bits per heavy atom. The van der Waals surface area contributed by atoms with E-state index in [0.29, 0.717) is 16.5 Å². The zero-order valence-corrected chi connectivity index (χ0v) is 16.1. The van der Waals surface area contributed by atoms with E-state index in [9.17, 15) is 4.79 Å². The van der Waals surface area contributed by atoms with Crippen molar-refractivity contribution in [2.24, 2.45) is 0 Å². The highest BCUT2D eigenvalue weighted by atomic mass is 35.5. The topological polar surface area (TPSA) is 55.6 Å². The predicted octanol–water partition coefficient (Wildman–Crippen LogP) is 5.04. The largest absolute Gasteiger partial charge is 0.484 e. The monoisotopic (exact) mass is 397 g/mol. The molecule has 0 radical (unpaired) electrons. The van der Waals surface area contributed by atoms with Crippen molar-refractivity contribution in [3.05, 3.63) is 70.8 Å². The summed E-state index contributed by atoms with van der Waals surface area (Å²) < 4.78 is 7.51. The van der Waals surface area contributed by atoms with Gasteiger partial charge in [-0.05, 0) is 42.8 Å². The first-order chi connectivity index (χ1) is 13.1. The van der Waals surface area contributed by atoms with E-state index in [1.807, 2.05) is 53.4 Å². The Labute approximate surface area is 165 Å². The minimum absolute atomic E-state index is 0.0779. The van der Waals surface area contributed by atoms with E-state index in [1.165, 1.54) is 0 Å². The molecule has 4 aromatic rings. The number of halogens is 1. The normalized spacial score (nSPS) is 10.9. The van der Waals surface area contributed by atoms with Gasteiger partial charge in [0.05, 0.1) is 5.69 Å². The van der Waals surface area contributed by atoms with Crippen LogP contribution in [0.3, 0.4) is 0 Å². The van der Waals surface area contributed by atoms with Gasteiger partial charge < -0.3 is 10.1 Å². The molecule has 1 N–H and O–H groups in total. The smallest absolute Gasteiger partial charge is 0.262 e. The van der Waals surface area contributed by atoms with Crippen LogP contribution in [0.5, 0.6) is 5.75 Å². The number of ether oxygens (including phenoxy) is 1. The molecule has 0 spiro atoms. The van der Waals surface area contributed by atoms with E-state index >= 15 is 0 Å². The number of aryl methyl sites for hydroxylation is 1. The highest BCUT2D eigenvalue weighted by Crippen LogP contribution is 2.24. The lowest BCUT2D eigenvalue weighted by atomic mass is 10.1. The zero-order chi connectivity index (χ0) is 18.8. The molecule has 27 heavy (non-hydrogen) atoms. The number of fused-ring (bicyclic) bond motifs is 1. The summed E-state index contributed by atoms with van der Waals surface area (Å²) in [6.45, 7) is 1.81. The zero-order valence-electron chi connectivity index (χ0n) is 14.5. The summed E-state index contributed by atoms with van der Waals surface area (Å²) in [4.78, 5) is 17.7. The van der Waals surface area contributed by atoms with Crippen LogP contribution in [0.15, 0.2) is 60.2 Å². The molecule has 1 amide bonds. The maximum absolute atomic E-state index is 12.2. The van der Waals surface area contributed by atoms with Gasteiger partial charge in [-0.2, -0.15) is 0 Å². The van der Waals surface area contributed by atoms with Gasteiger partial charge in [0.15, 0.2) is 11.6 Å². The van der Waals surface area contributed by atoms with E-state index in [1.54, 1.807) is 29.5 Å². The molecule has 5 nitrogen and oxygen atoms in total. The highest BCUT2D eigenvalue weighted by Gasteiger charge is 2.08. The lowest BCUT2D eigenvalue weighted by molar-refractivity contribution is -0.118. The molecule has 0 atom stereocenters. The predicted molar refractivity (Wildman–Crippen MR) is 109 cm³/mol. The molecule has 0 saturated heterocycles. The minimum Gasteiger partial charge on any atom is -0.484 e. The van der Waals surface area contributed by atoms with Gasteiger partial charge >= 0.3 is 0 Å². The second-order valence-corrected chi connectivity index (χ2v) is 7.33. The van der Waals surface area contributed by atoms with Crippen molar-refractivity contribution in [3.8, 4) is 17.0 Å². The number of benzene rings is 2. The van der Waals surface area contributed by atoms with Gasteiger partial charge in [0.25, 0.3) is 5.91 Å². The number of thiazole rings is 1. The number of hydrogen-bond donors (Lipinski definition) is 1. The van der Waals surface area contributed by atoms with E-state index in [2.05, 4.69) is 10.3 Å². The van der Waals surface area contributed by atoms with Crippen LogP contribution in [0.2, 0.25) is 5.02 Å². The number of imidazole rings is 1. The van der Waals surface area contributed by atoms with E-state index in [0.717, 1.165) is 21.8 Å². The molecule has 0 aliphatic carbocycles. The average molecular weight is 398 g/mol. The molecule has 136 valence electrons. The number of aromatic nitrogens is 2. The quantitative estimate of drug-likeness (QED) is 0.513. The minimum atomic E-state index is -0.231. The molecule has 0 aliphatic heterocycles. The Morgan fingerprint density at radius 3 is 3.00 bits per heavy atom. The van der Waals surface area contributed by atoms with E-state index < -0.39 is 0 Å². The number of rotatable bonds is 5. The summed E-state index contributed by atoms with van der Waals surface area (Å²) in [7, 11) is 0. The fourth-order valence-corrected chi connectivity index (χ4v) is 3.49. The molecule has 4 rings (SSSR count). The third kappa shape index (κ3) is 3.97. The molecule has 0 unspecified atom stereocenters. The first-order valence-corrected chi connectivity index (χ1v) is 9.56. The van der Waals surface area contributed by atoms with Gasteiger partial charge in [-0.15, -0.1) is 11.3 Å². The molecule has 2 heterocycles. The summed E-state index contributed by atoms with van der Waals surface area (Å²) >= 11 is 7.58. The molecule has 0 saturated carbocycles. The summed E-state index contributed by atoms with van der Waals surface area (Å²) in [5.41, 5.74) is 3.41. The van der Waals surface area contributed by atoms with E-state index in [4.69, 9.17) is 16.3 Å². The van der Waals surface area contributed by atoms with Crippen molar-refractivity contribution in [1.29, 1.82) is 0 Å².